The predicted octanol–water partition coefficient (Wildman–Crippen LogP) is 2.09. The Morgan fingerprint density at radius 1 is 1.21 bits per heavy atom. The molecule has 0 N–H and O–H groups in total. The van der Waals surface area contributed by atoms with Gasteiger partial charge in [0.15, 0.2) is 6.73 Å². The van der Waals surface area contributed by atoms with Crippen LogP contribution < -0.4 is 0 Å². The lowest BCUT2D eigenvalue weighted by Crippen LogP contribution is -2.55. The second-order valence-corrected chi connectivity index (χ2v) is 6.58. The number of nitrogens with zero attached hydrogens (tertiary/aromatic N) is 2. The molecule has 0 aromatic heterocycles. The molecule has 0 radical (unpaired) electrons. The van der Waals surface area contributed by atoms with E-state index in [0.29, 0.717) is 11.1 Å². The third-order valence-electron chi connectivity index (χ3n) is 4.28. The van der Waals surface area contributed by atoms with Gasteiger partial charge in [-0.25, -0.2) is 9.69 Å². The van der Waals surface area contributed by atoms with E-state index in [4.69, 9.17) is 9.47 Å². The lowest BCUT2D eigenvalue weighted by molar-refractivity contribution is -0.160. The van der Waals surface area contributed by atoms with Crippen molar-refractivity contribution in [2.45, 2.75) is 38.8 Å². The van der Waals surface area contributed by atoms with Crippen LogP contribution in [0.25, 0.3) is 0 Å². The van der Waals surface area contributed by atoms with Gasteiger partial charge in [0.25, 0.3) is 11.8 Å². The van der Waals surface area contributed by atoms with E-state index in [1.165, 1.54) is 11.0 Å². The highest BCUT2D eigenvalue weighted by Gasteiger charge is 2.43. The van der Waals surface area contributed by atoms with Gasteiger partial charge in [0.2, 0.25) is 5.91 Å². The number of hydrogen-bond acceptors (Lipinski definition) is 6. The van der Waals surface area contributed by atoms with Crippen molar-refractivity contribution < 1.29 is 28.7 Å². The number of allylic oxidation sites excluding steroid dienone is 4. The standard InChI is InChI=1S/C20H24N2O6/c1-5-7-14-11-21(18(24)15(14)8-6-2)16-9-10-17(23)22(19(16)25)12-27-20(26)28-13(3)4/h5-8,13,16H,1-2,9-12H2,3-4H3/b14-7-,15-8+. The van der Waals surface area contributed by atoms with Crippen LogP contribution in [0.15, 0.2) is 48.6 Å². The van der Waals surface area contributed by atoms with E-state index in [-0.39, 0.29) is 31.4 Å². The van der Waals surface area contributed by atoms with Gasteiger partial charge in [-0.2, -0.15) is 0 Å². The fraction of sp³-hybridized carbons (Fsp3) is 0.400. The molecule has 2 saturated heterocycles. The first-order chi connectivity index (χ1) is 13.3. The van der Waals surface area contributed by atoms with Gasteiger partial charge in [0, 0.05) is 18.5 Å². The lowest BCUT2D eigenvalue weighted by Gasteiger charge is -2.34. The number of rotatable bonds is 6. The van der Waals surface area contributed by atoms with Gasteiger partial charge in [-0.05, 0) is 31.9 Å². The van der Waals surface area contributed by atoms with Crippen molar-refractivity contribution in [3.8, 4) is 0 Å². The van der Waals surface area contributed by atoms with Gasteiger partial charge >= 0.3 is 6.16 Å². The van der Waals surface area contributed by atoms with E-state index in [1.807, 2.05) is 0 Å². The number of amides is 3. The van der Waals surface area contributed by atoms with Crippen molar-refractivity contribution in [3.05, 3.63) is 48.6 Å². The first-order valence-electron chi connectivity index (χ1n) is 8.93. The molecule has 2 aliphatic heterocycles. The average molecular weight is 388 g/mol. The second kappa shape index (κ2) is 9.16. The van der Waals surface area contributed by atoms with Crippen molar-refractivity contribution in [1.82, 2.24) is 9.80 Å². The van der Waals surface area contributed by atoms with Crippen LogP contribution in [-0.2, 0) is 23.9 Å². The fourth-order valence-electron chi connectivity index (χ4n) is 3.06. The Hall–Kier alpha value is -3.16. The Bertz CT molecular complexity index is 765. The van der Waals surface area contributed by atoms with Crippen LogP contribution in [0.4, 0.5) is 4.79 Å². The molecule has 150 valence electrons. The lowest BCUT2D eigenvalue weighted by atomic mass is 10.0. The molecular formula is C20H24N2O6. The summed E-state index contributed by atoms with van der Waals surface area (Å²) in [6.45, 7) is 10.2. The quantitative estimate of drug-likeness (QED) is 0.393. The third kappa shape index (κ3) is 4.57. The van der Waals surface area contributed by atoms with E-state index < -0.39 is 30.7 Å². The maximum absolute atomic E-state index is 12.8. The summed E-state index contributed by atoms with van der Waals surface area (Å²) >= 11 is 0. The van der Waals surface area contributed by atoms with Crippen LogP contribution in [0.3, 0.4) is 0 Å². The second-order valence-electron chi connectivity index (χ2n) is 6.58. The zero-order valence-corrected chi connectivity index (χ0v) is 16.1. The largest absolute Gasteiger partial charge is 0.510 e. The van der Waals surface area contributed by atoms with Crippen molar-refractivity contribution in [3.63, 3.8) is 0 Å². The van der Waals surface area contributed by atoms with E-state index in [1.54, 1.807) is 32.1 Å². The van der Waals surface area contributed by atoms with Crippen LogP contribution >= 0.6 is 0 Å². The SMILES string of the molecule is C=C/C=C1/CN(C2CCC(=O)N(COC(=O)OC(C)C)C2=O)C(=O)/C1=C/C=C. The summed E-state index contributed by atoms with van der Waals surface area (Å²) in [7, 11) is 0. The first kappa shape index (κ1) is 21.1. The van der Waals surface area contributed by atoms with Crippen molar-refractivity contribution in [2.75, 3.05) is 13.3 Å². The summed E-state index contributed by atoms with van der Waals surface area (Å²) in [5, 5.41) is 0. The maximum Gasteiger partial charge on any atom is 0.510 e. The van der Waals surface area contributed by atoms with E-state index >= 15 is 0 Å². The summed E-state index contributed by atoms with van der Waals surface area (Å²) in [5.41, 5.74) is 1.15. The van der Waals surface area contributed by atoms with E-state index in [2.05, 4.69) is 13.2 Å². The zero-order valence-electron chi connectivity index (χ0n) is 16.1. The topological polar surface area (TPSA) is 93.2 Å². The molecule has 2 aliphatic rings. The van der Waals surface area contributed by atoms with Crippen LogP contribution in [0.1, 0.15) is 26.7 Å². The minimum atomic E-state index is -0.970. The minimum absolute atomic E-state index is 0.0593. The van der Waals surface area contributed by atoms with Crippen molar-refractivity contribution in [2.24, 2.45) is 0 Å². The van der Waals surface area contributed by atoms with Crippen LogP contribution in [-0.4, -0.2) is 59.1 Å². The highest BCUT2D eigenvalue weighted by molar-refractivity contribution is 6.07. The summed E-state index contributed by atoms with van der Waals surface area (Å²) in [6, 6.07) is -0.821. The Morgan fingerprint density at radius 2 is 1.89 bits per heavy atom. The molecule has 2 fully saturated rings. The number of piperidine rings is 1. The monoisotopic (exact) mass is 388 g/mol. The number of carbonyl (C=O) groups is 4. The number of imide groups is 1. The third-order valence-corrected chi connectivity index (χ3v) is 4.28. The molecule has 1 unspecified atom stereocenters. The molecule has 0 aromatic carbocycles. The molecule has 2 rings (SSSR count). The van der Waals surface area contributed by atoms with Crippen molar-refractivity contribution >= 4 is 23.9 Å². The molecule has 8 nitrogen and oxygen atoms in total. The van der Waals surface area contributed by atoms with Crippen LogP contribution in [0, 0.1) is 0 Å². The van der Waals surface area contributed by atoms with Gasteiger partial charge in [0.1, 0.15) is 6.04 Å². The number of hydrogen-bond donors (Lipinski definition) is 0. The highest BCUT2D eigenvalue weighted by atomic mass is 16.7. The molecule has 8 heteroatoms. The van der Waals surface area contributed by atoms with Crippen LogP contribution in [0.5, 0.6) is 0 Å². The summed E-state index contributed by atoms with van der Waals surface area (Å²) in [6.07, 6.45) is 5.26. The Labute approximate surface area is 163 Å². The van der Waals surface area contributed by atoms with Crippen LogP contribution in [0.2, 0.25) is 0 Å². The first-order valence-corrected chi connectivity index (χ1v) is 8.93. The Morgan fingerprint density at radius 3 is 2.50 bits per heavy atom. The summed E-state index contributed by atoms with van der Waals surface area (Å²) < 4.78 is 9.69. The molecule has 0 aliphatic carbocycles. The van der Waals surface area contributed by atoms with Gasteiger partial charge in [-0.1, -0.05) is 31.4 Å². The van der Waals surface area contributed by atoms with Gasteiger partial charge in [-0.15, -0.1) is 0 Å². The molecule has 2 heterocycles. The van der Waals surface area contributed by atoms with Gasteiger partial charge < -0.3 is 14.4 Å². The molecule has 28 heavy (non-hydrogen) atoms. The zero-order chi connectivity index (χ0) is 20.8. The molecular weight excluding hydrogens is 364 g/mol. The molecule has 0 bridgehead atoms. The minimum Gasteiger partial charge on any atom is -0.432 e. The predicted molar refractivity (Wildman–Crippen MR) is 101 cm³/mol. The van der Waals surface area contributed by atoms with E-state index in [9.17, 15) is 19.2 Å². The Balaban J connectivity index is 2.16. The average Bonchev–Trinajstić information content (AvgIpc) is 2.91. The molecule has 0 aromatic rings. The van der Waals surface area contributed by atoms with Gasteiger partial charge in [-0.3, -0.25) is 14.4 Å². The van der Waals surface area contributed by atoms with Gasteiger partial charge in [0.05, 0.1) is 6.10 Å². The highest BCUT2D eigenvalue weighted by Crippen LogP contribution is 2.29. The number of likely N-dealkylation sites (tertiary alicyclic amines) is 2. The molecule has 1 atom stereocenters. The smallest absolute Gasteiger partial charge is 0.432 e. The summed E-state index contributed by atoms with van der Waals surface area (Å²) in [4.78, 5) is 51.5. The molecule has 3 amide bonds. The maximum atomic E-state index is 12.8. The normalized spacial score (nSPS) is 23.0. The molecule has 0 spiro atoms. The molecule has 0 saturated carbocycles. The van der Waals surface area contributed by atoms with E-state index in [0.717, 1.165) is 4.90 Å². The van der Waals surface area contributed by atoms with Crippen molar-refractivity contribution in [1.29, 1.82) is 0 Å². The number of carbonyl (C=O) groups excluding carboxylic acids is 4. The fourth-order valence-corrected chi connectivity index (χ4v) is 3.06. The summed E-state index contributed by atoms with van der Waals surface area (Å²) in [5.74, 6) is -1.37. The number of ether oxygens (including phenoxy) is 2. The Kier molecular flexibility index (Phi) is 6.92.